The van der Waals surface area contributed by atoms with Crippen LogP contribution < -0.4 is 0 Å². The average molecular weight is 218 g/mol. The lowest BCUT2D eigenvalue weighted by Gasteiger charge is -2.40. The van der Waals surface area contributed by atoms with Crippen LogP contribution in [0.1, 0.15) is 6.92 Å². The van der Waals surface area contributed by atoms with Crippen molar-refractivity contribution in [1.82, 2.24) is 0 Å². The van der Waals surface area contributed by atoms with E-state index in [0.717, 1.165) is 0 Å². The van der Waals surface area contributed by atoms with Crippen molar-refractivity contribution in [2.45, 2.75) is 37.6 Å². The molecule has 0 saturated carbocycles. The summed E-state index contributed by atoms with van der Waals surface area (Å²) in [6, 6.07) is 0. The Bertz CT molecular complexity index is 208. The predicted octanol–water partition coefficient (Wildman–Crippen LogP) is -0.329. The molecule has 0 bridgehead atoms. The van der Waals surface area contributed by atoms with E-state index in [0.29, 0.717) is 6.61 Å². The Hall–Kier alpha value is -0.460. The van der Waals surface area contributed by atoms with Crippen molar-refractivity contribution in [3.05, 3.63) is 12.7 Å². The van der Waals surface area contributed by atoms with Crippen molar-refractivity contribution in [2.75, 3.05) is 13.7 Å². The van der Waals surface area contributed by atoms with Gasteiger partial charge in [-0.05, 0) is 6.92 Å². The van der Waals surface area contributed by atoms with Gasteiger partial charge in [-0.3, -0.25) is 0 Å². The standard InChI is InChI=1S/C10H18O5/c1-4-5-14-10-9(13-3)8(12)7(11)6(2)15-10/h4,6-12H,1,5H2,2-3H3/t6-,7-,8+,9+,10+/m0/s1. The lowest BCUT2D eigenvalue weighted by molar-refractivity contribution is -0.295. The molecule has 0 aromatic rings. The molecule has 5 heteroatoms. The van der Waals surface area contributed by atoms with E-state index in [9.17, 15) is 10.2 Å². The summed E-state index contributed by atoms with van der Waals surface area (Å²) in [7, 11) is 1.43. The summed E-state index contributed by atoms with van der Waals surface area (Å²) in [6.07, 6.45) is -2.23. The minimum absolute atomic E-state index is 0.306. The normalized spacial score (nSPS) is 41.5. The highest BCUT2D eigenvalue weighted by atomic mass is 16.7. The van der Waals surface area contributed by atoms with E-state index in [-0.39, 0.29) is 0 Å². The minimum Gasteiger partial charge on any atom is -0.388 e. The van der Waals surface area contributed by atoms with Crippen LogP contribution in [0.15, 0.2) is 12.7 Å². The predicted molar refractivity (Wildman–Crippen MR) is 53.3 cm³/mol. The summed E-state index contributed by atoms with van der Waals surface area (Å²) >= 11 is 0. The van der Waals surface area contributed by atoms with E-state index in [1.807, 2.05) is 0 Å². The van der Waals surface area contributed by atoms with Gasteiger partial charge >= 0.3 is 0 Å². The van der Waals surface area contributed by atoms with Gasteiger partial charge in [0.15, 0.2) is 6.29 Å². The molecule has 1 heterocycles. The van der Waals surface area contributed by atoms with Crippen LogP contribution in [0.25, 0.3) is 0 Å². The molecule has 0 aliphatic carbocycles. The molecule has 1 aliphatic heterocycles. The highest BCUT2D eigenvalue weighted by molar-refractivity contribution is 4.88. The first-order valence-corrected chi connectivity index (χ1v) is 4.88. The molecule has 0 amide bonds. The maximum absolute atomic E-state index is 9.72. The van der Waals surface area contributed by atoms with Crippen molar-refractivity contribution in [2.24, 2.45) is 0 Å². The van der Waals surface area contributed by atoms with Crippen molar-refractivity contribution in [3.63, 3.8) is 0 Å². The molecule has 1 saturated heterocycles. The van der Waals surface area contributed by atoms with E-state index >= 15 is 0 Å². The summed E-state index contributed by atoms with van der Waals surface area (Å²) in [6.45, 7) is 5.49. The van der Waals surface area contributed by atoms with E-state index < -0.39 is 30.7 Å². The molecule has 88 valence electrons. The maximum atomic E-state index is 9.72. The van der Waals surface area contributed by atoms with Crippen molar-refractivity contribution in [1.29, 1.82) is 0 Å². The quantitative estimate of drug-likeness (QED) is 0.632. The van der Waals surface area contributed by atoms with Crippen LogP contribution >= 0.6 is 0 Å². The van der Waals surface area contributed by atoms with Crippen molar-refractivity contribution < 1.29 is 24.4 Å². The Morgan fingerprint density at radius 2 is 2.07 bits per heavy atom. The second-order valence-electron chi connectivity index (χ2n) is 3.51. The largest absolute Gasteiger partial charge is 0.388 e. The average Bonchev–Trinajstić information content (AvgIpc) is 2.23. The van der Waals surface area contributed by atoms with E-state index in [2.05, 4.69) is 6.58 Å². The molecule has 0 unspecified atom stereocenters. The summed E-state index contributed by atoms with van der Waals surface area (Å²) in [5.74, 6) is 0. The monoisotopic (exact) mass is 218 g/mol. The van der Waals surface area contributed by atoms with Crippen LogP contribution in [0.5, 0.6) is 0 Å². The van der Waals surface area contributed by atoms with Crippen LogP contribution in [0.4, 0.5) is 0 Å². The molecule has 1 aliphatic rings. The van der Waals surface area contributed by atoms with Gasteiger partial charge in [-0.2, -0.15) is 0 Å². The summed E-state index contributed by atoms with van der Waals surface area (Å²) in [5.41, 5.74) is 0. The van der Waals surface area contributed by atoms with Gasteiger partial charge in [-0.25, -0.2) is 0 Å². The second kappa shape index (κ2) is 5.58. The Balaban J connectivity index is 2.64. The summed E-state index contributed by atoms with van der Waals surface area (Å²) in [5, 5.41) is 19.3. The Morgan fingerprint density at radius 1 is 1.40 bits per heavy atom. The van der Waals surface area contributed by atoms with Gasteiger partial charge < -0.3 is 24.4 Å². The molecule has 0 spiro atoms. The molecule has 0 aromatic heterocycles. The van der Waals surface area contributed by atoms with Crippen LogP contribution in [0.3, 0.4) is 0 Å². The molecular formula is C10H18O5. The molecule has 1 fully saturated rings. The lowest BCUT2D eigenvalue weighted by Crippen LogP contribution is -2.58. The molecule has 5 atom stereocenters. The van der Waals surface area contributed by atoms with Gasteiger partial charge in [0.1, 0.15) is 18.3 Å². The fourth-order valence-electron chi connectivity index (χ4n) is 1.55. The maximum Gasteiger partial charge on any atom is 0.187 e. The Labute approximate surface area is 89.3 Å². The Kier molecular flexibility index (Phi) is 4.69. The Morgan fingerprint density at radius 3 is 2.60 bits per heavy atom. The fourth-order valence-corrected chi connectivity index (χ4v) is 1.55. The van der Waals surface area contributed by atoms with Crippen molar-refractivity contribution >= 4 is 0 Å². The molecule has 5 nitrogen and oxygen atoms in total. The third-order valence-corrected chi connectivity index (χ3v) is 2.43. The number of aliphatic hydroxyl groups is 2. The van der Waals surface area contributed by atoms with Crippen LogP contribution in [-0.4, -0.2) is 54.6 Å². The number of methoxy groups -OCH3 is 1. The zero-order chi connectivity index (χ0) is 11.4. The summed E-state index contributed by atoms with van der Waals surface area (Å²) in [4.78, 5) is 0. The van der Waals surface area contributed by atoms with Gasteiger partial charge in [-0.1, -0.05) is 6.08 Å². The number of hydrogen-bond acceptors (Lipinski definition) is 5. The first kappa shape index (κ1) is 12.6. The summed E-state index contributed by atoms with van der Waals surface area (Å²) < 4.78 is 15.7. The highest BCUT2D eigenvalue weighted by Crippen LogP contribution is 2.23. The van der Waals surface area contributed by atoms with Gasteiger partial charge in [0.05, 0.1) is 12.7 Å². The number of hydrogen-bond donors (Lipinski definition) is 2. The smallest absolute Gasteiger partial charge is 0.187 e. The molecular weight excluding hydrogens is 200 g/mol. The van der Waals surface area contributed by atoms with Gasteiger partial charge in [0, 0.05) is 7.11 Å². The molecule has 0 radical (unpaired) electrons. The lowest BCUT2D eigenvalue weighted by atomic mass is 10.00. The molecule has 1 rings (SSSR count). The first-order chi connectivity index (χ1) is 7.11. The molecule has 0 aromatic carbocycles. The highest BCUT2D eigenvalue weighted by Gasteiger charge is 2.43. The topological polar surface area (TPSA) is 68.2 Å². The van der Waals surface area contributed by atoms with Crippen LogP contribution in [0, 0.1) is 0 Å². The third-order valence-electron chi connectivity index (χ3n) is 2.43. The fraction of sp³-hybridized carbons (Fsp3) is 0.800. The van der Waals surface area contributed by atoms with Crippen LogP contribution in [0.2, 0.25) is 0 Å². The third kappa shape index (κ3) is 2.76. The van der Waals surface area contributed by atoms with E-state index in [1.165, 1.54) is 7.11 Å². The second-order valence-corrected chi connectivity index (χ2v) is 3.51. The van der Waals surface area contributed by atoms with Crippen molar-refractivity contribution in [3.8, 4) is 0 Å². The van der Waals surface area contributed by atoms with Gasteiger partial charge in [0.25, 0.3) is 0 Å². The van der Waals surface area contributed by atoms with E-state index in [1.54, 1.807) is 13.0 Å². The number of ether oxygens (including phenoxy) is 3. The van der Waals surface area contributed by atoms with Gasteiger partial charge in [0.2, 0.25) is 0 Å². The van der Waals surface area contributed by atoms with Gasteiger partial charge in [-0.15, -0.1) is 6.58 Å². The van der Waals surface area contributed by atoms with Crippen LogP contribution in [-0.2, 0) is 14.2 Å². The van der Waals surface area contributed by atoms with E-state index in [4.69, 9.17) is 14.2 Å². The zero-order valence-corrected chi connectivity index (χ0v) is 9.00. The zero-order valence-electron chi connectivity index (χ0n) is 9.00. The minimum atomic E-state index is -1.01. The molecule has 15 heavy (non-hydrogen) atoms. The number of rotatable bonds is 4. The number of aliphatic hydroxyl groups excluding tert-OH is 2. The SMILES string of the molecule is C=CCO[C@@H]1O[C@@H](C)[C@H](O)[C@@H](O)[C@H]1OC. The first-order valence-electron chi connectivity index (χ1n) is 4.88. The molecule has 2 N–H and O–H groups in total.